The highest BCUT2D eigenvalue weighted by molar-refractivity contribution is 6.04. The Bertz CT molecular complexity index is 1010. The molecule has 132 valence electrons. The lowest BCUT2D eigenvalue weighted by Gasteiger charge is -2.10. The first kappa shape index (κ1) is 16.5. The van der Waals surface area contributed by atoms with E-state index in [0.717, 1.165) is 22.5 Å². The molecule has 0 radical (unpaired) electrons. The SMILES string of the molecule is Cc1cc(C)n(-c2ccc(C(=O)Nc3ccc4c(c3)COC4)cc2F)n1. The van der Waals surface area contributed by atoms with Crippen LogP contribution in [0.25, 0.3) is 5.69 Å². The van der Waals surface area contributed by atoms with Crippen molar-refractivity contribution in [1.29, 1.82) is 0 Å². The number of aryl methyl sites for hydroxylation is 2. The molecule has 2 heterocycles. The van der Waals surface area contributed by atoms with Crippen molar-refractivity contribution in [2.45, 2.75) is 27.1 Å². The van der Waals surface area contributed by atoms with E-state index in [4.69, 9.17) is 4.74 Å². The Hall–Kier alpha value is -2.99. The zero-order chi connectivity index (χ0) is 18.3. The first-order valence-electron chi connectivity index (χ1n) is 8.35. The van der Waals surface area contributed by atoms with E-state index in [2.05, 4.69) is 10.4 Å². The summed E-state index contributed by atoms with van der Waals surface area (Å²) in [5, 5.41) is 7.09. The lowest BCUT2D eigenvalue weighted by atomic mass is 10.1. The van der Waals surface area contributed by atoms with Crippen molar-refractivity contribution in [3.63, 3.8) is 0 Å². The molecule has 5 nitrogen and oxygen atoms in total. The van der Waals surface area contributed by atoms with Crippen molar-refractivity contribution in [2.24, 2.45) is 0 Å². The van der Waals surface area contributed by atoms with Gasteiger partial charge in [-0.15, -0.1) is 0 Å². The molecule has 1 aromatic heterocycles. The second kappa shape index (κ2) is 6.38. The van der Waals surface area contributed by atoms with Crippen molar-refractivity contribution in [2.75, 3.05) is 5.32 Å². The molecule has 0 fully saturated rings. The zero-order valence-corrected chi connectivity index (χ0v) is 14.5. The molecule has 0 atom stereocenters. The Balaban J connectivity index is 1.57. The summed E-state index contributed by atoms with van der Waals surface area (Å²) < 4.78 is 21.5. The molecule has 1 amide bonds. The van der Waals surface area contributed by atoms with Gasteiger partial charge in [0.2, 0.25) is 0 Å². The maximum absolute atomic E-state index is 14.5. The summed E-state index contributed by atoms with van der Waals surface area (Å²) in [6.45, 7) is 4.86. The molecule has 0 aliphatic carbocycles. The monoisotopic (exact) mass is 351 g/mol. The second-order valence-corrected chi connectivity index (χ2v) is 6.44. The van der Waals surface area contributed by atoms with E-state index >= 15 is 0 Å². The standard InChI is InChI=1S/C20H18FN3O2/c1-12-7-13(2)24(23-12)19-6-4-14(9-18(19)21)20(25)22-17-5-3-15-10-26-11-16(15)8-17/h3-9H,10-11H2,1-2H3,(H,22,25). The Labute approximate surface area is 150 Å². The molecule has 0 bridgehead atoms. The van der Waals surface area contributed by atoms with Crippen LogP contribution < -0.4 is 5.32 Å². The summed E-state index contributed by atoms with van der Waals surface area (Å²) >= 11 is 0. The lowest BCUT2D eigenvalue weighted by molar-refractivity contribution is 0.102. The van der Waals surface area contributed by atoms with Crippen LogP contribution >= 0.6 is 0 Å². The predicted octanol–water partition coefficient (Wildman–Crippen LogP) is 3.91. The Morgan fingerprint density at radius 1 is 1.12 bits per heavy atom. The number of benzene rings is 2. The normalized spacial score (nSPS) is 12.9. The first-order chi connectivity index (χ1) is 12.5. The van der Waals surface area contributed by atoms with Gasteiger partial charge in [0.15, 0.2) is 0 Å². The maximum atomic E-state index is 14.5. The quantitative estimate of drug-likeness (QED) is 0.778. The Kier molecular flexibility index (Phi) is 4.05. The molecule has 2 aromatic carbocycles. The summed E-state index contributed by atoms with van der Waals surface area (Å²) in [5.74, 6) is -0.853. The number of nitrogens with zero attached hydrogens (tertiary/aromatic N) is 2. The molecule has 0 saturated heterocycles. The smallest absolute Gasteiger partial charge is 0.255 e. The van der Waals surface area contributed by atoms with Crippen LogP contribution in [0.5, 0.6) is 0 Å². The number of nitrogens with one attached hydrogen (secondary N) is 1. The number of ether oxygens (including phenoxy) is 1. The van der Waals surface area contributed by atoms with Crippen LogP contribution in [0.1, 0.15) is 32.9 Å². The van der Waals surface area contributed by atoms with Gasteiger partial charge < -0.3 is 10.1 Å². The fourth-order valence-electron chi connectivity index (χ4n) is 3.15. The second-order valence-electron chi connectivity index (χ2n) is 6.44. The van der Waals surface area contributed by atoms with Crippen LogP contribution in [0.4, 0.5) is 10.1 Å². The van der Waals surface area contributed by atoms with Crippen molar-refractivity contribution < 1.29 is 13.9 Å². The third-order valence-electron chi connectivity index (χ3n) is 4.43. The van der Waals surface area contributed by atoms with E-state index in [1.54, 1.807) is 12.1 Å². The van der Waals surface area contributed by atoms with Gasteiger partial charge in [-0.05, 0) is 61.4 Å². The molecular weight excluding hydrogens is 333 g/mol. The van der Waals surface area contributed by atoms with Gasteiger partial charge in [0.1, 0.15) is 11.5 Å². The Morgan fingerprint density at radius 3 is 2.65 bits per heavy atom. The maximum Gasteiger partial charge on any atom is 0.255 e. The van der Waals surface area contributed by atoms with Gasteiger partial charge in [0.25, 0.3) is 5.91 Å². The number of rotatable bonds is 3. The van der Waals surface area contributed by atoms with Gasteiger partial charge >= 0.3 is 0 Å². The van der Waals surface area contributed by atoms with Gasteiger partial charge in [-0.3, -0.25) is 4.79 Å². The van der Waals surface area contributed by atoms with Crippen LogP contribution in [0.3, 0.4) is 0 Å². The summed E-state index contributed by atoms with van der Waals surface area (Å²) in [6.07, 6.45) is 0. The summed E-state index contributed by atoms with van der Waals surface area (Å²) in [5.41, 5.74) is 5.08. The van der Waals surface area contributed by atoms with E-state index in [1.807, 2.05) is 38.1 Å². The van der Waals surface area contributed by atoms with Gasteiger partial charge in [-0.1, -0.05) is 6.07 Å². The summed E-state index contributed by atoms with van der Waals surface area (Å²) in [4.78, 5) is 12.5. The van der Waals surface area contributed by atoms with E-state index in [9.17, 15) is 9.18 Å². The number of halogens is 1. The molecule has 3 aromatic rings. The number of aromatic nitrogens is 2. The first-order valence-corrected chi connectivity index (χ1v) is 8.35. The fourth-order valence-corrected chi connectivity index (χ4v) is 3.15. The highest BCUT2D eigenvalue weighted by atomic mass is 19.1. The third-order valence-corrected chi connectivity index (χ3v) is 4.43. The van der Waals surface area contributed by atoms with E-state index < -0.39 is 5.82 Å². The highest BCUT2D eigenvalue weighted by Gasteiger charge is 2.15. The van der Waals surface area contributed by atoms with E-state index in [1.165, 1.54) is 10.7 Å². The summed E-state index contributed by atoms with van der Waals surface area (Å²) in [6, 6.07) is 11.9. The number of hydrogen-bond donors (Lipinski definition) is 1. The van der Waals surface area contributed by atoms with E-state index in [-0.39, 0.29) is 11.5 Å². The minimum atomic E-state index is -0.494. The number of carbonyl (C=O) groups excluding carboxylic acids is 1. The molecule has 1 N–H and O–H groups in total. The van der Waals surface area contributed by atoms with Gasteiger partial charge in [0, 0.05) is 16.9 Å². The van der Waals surface area contributed by atoms with Crippen LogP contribution in [0.2, 0.25) is 0 Å². The summed E-state index contributed by atoms with van der Waals surface area (Å²) in [7, 11) is 0. The third kappa shape index (κ3) is 2.99. The number of anilines is 1. The average Bonchev–Trinajstić information content (AvgIpc) is 3.20. The molecule has 1 aliphatic heterocycles. The Morgan fingerprint density at radius 2 is 1.92 bits per heavy atom. The van der Waals surface area contributed by atoms with Crippen LogP contribution in [0, 0.1) is 19.7 Å². The van der Waals surface area contributed by atoms with Crippen molar-refractivity contribution in [3.8, 4) is 5.69 Å². The van der Waals surface area contributed by atoms with Crippen molar-refractivity contribution in [1.82, 2.24) is 9.78 Å². The van der Waals surface area contributed by atoms with Crippen LogP contribution in [0.15, 0.2) is 42.5 Å². The van der Waals surface area contributed by atoms with Crippen LogP contribution in [-0.4, -0.2) is 15.7 Å². The fraction of sp³-hybridized carbons (Fsp3) is 0.200. The molecule has 0 spiro atoms. The number of carbonyl (C=O) groups is 1. The highest BCUT2D eigenvalue weighted by Crippen LogP contribution is 2.24. The number of fused-ring (bicyclic) bond motifs is 1. The van der Waals surface area contributed by atoms with Crippen molar-refractivity contribution >= 4 is 11.6 Å². The van der Waals surface area contributed by atoms with Gasteiger partial charge in [-0.2, -0.15) is 5.10 Å². The average molecular weight is 351 g/mol. The molecule has 6 heteroatoms. The van der Waals surface area contributed by atoms with Crippen molar-refractivity contribution in [3.05, 3.63) is 76.4 Å². The molecule has 0 saturated carbocycles. The minimum absolute atomic E-state index is 0.254. The lowest BCUT2D eigenvalue weighted by Crippen LogP contribution is -2.13. The van der Waals surface area contributed by atoms with Gasteiger partial charge in [0.05, 0.1) is 18.9 Å². The topological polar surface area (TPSA) is 56.2 Å². The molecule has 1 aliphatic rings. The number of amides is 1. The van der Waals surface area contributed by atoms with Gasteiger partial charge in [-0.25, -0.2) is 9.07 Å². The molecule has 0 unspecified atom stereocenters. The minimum Gasteiger partial charge on any atom is -0.372 e. The largest absolute Gasteiger partial charge is 0.372 e. The molecule has 26 heavy (non-hydrogen) atoms. The number of hydrogen-bond acceptors (Lipinski definition) is 3. The van der Waals surface area contributed by atoms with E-state index in [0.29, 0.717) is 24.6 Å². The zero-order valence-electron chi connectivity index (χ0n) is 14.5. The predicted molar refractivity (Wildman–Crippen MR) is 95.9 cm³/mol. The molecular formula is C20H18FN3O2. The molecule has 4 rings (SSSR count). The van der Waals surface area contributed by atoms with Crippen LogP contribution in [-0.2, 0) is 18.0 Å².